The van der Waals surface area contributed by atoms with Crippen LogP contribution >= 0.6 is 0 Å². The quantitative estimate of drug-likeness (QED) is 0.842. The summed E-state index contributed by atoms with van der Waals surface area (Å²) in [6, 6.07) is 10.0. The SMILES string of the molecule is COCc1[nH]nc2c1[C@@H](c1ccc(OC3CCCC3)cc1)C(C#N)=C(N)O2. The second kappa shape index (κ2) is 7.33. The standard InChI is InChI=1S/C20H22N4O3/c1-25-11-16-18-17(15(10-21)19(22)27-20(18)24-23-16)12-6-8-14(9-7-12)26-13-4-2-3-5-13/h6-9,13,17H,2-5,11,22H2,1H3,(H,23,24)/t17-/m0/s1. The van der Waals surface area contributed by atoms with Gasteiger partial charge in [0.05, 0.1) is 29.9 Å². The maximum absolute atomic E-state index is 9.67. The van der Waals surface area contributed by atoms with Crippen LogP contribution in [0.4, 0.5) is 0 Å². The van der Waals surface area contributed by atoms with Crippen LogP contribution in [0.15, 0.2) is 35.7 Å². The average molecular weight is 366 g/mol. The lowest BCUT2D eigenvalue weighted by molar-refractivity contribution is 0.180. The van der Waals surface area contributed by atoms with Crippen molar-refractivity contribution in [1.82, 2.24) is 10.2 Å². The molecule has 0 saturated heterocycles. The van der Waals surface area contributed by atoms with E-state index in [1.165, 1.54) is 12.8 Å². The molecule has 4 rings (SSSR count). The van der Waals surface area contributed by atoms with Gasteiger partial charge >= 0.3 is 0 Å². The summed E-state index contributed by atoms with van der Waals surface area (Å²) < 4.78 is 16.8. The predicted octanol–water partition coefficient (Wildman–Crippen LogP) is 3.10. The van der Waals surface area contributed by atoms with Crippen molar-refractivity contribution in [3.05, 3.63) is 52.5 Å². The lowest BCUT2D eigenvalue weighted by Gasteiger charge is -2.24. The molecule has 0 unspecified atom stereocenters. The average Bonchev–Trinajstić information content (AvgIpc) is 3.32. The van der Waals surface area contributed by atoms with Crippen LogP contribution in [0.1, 0.15) is 48.4 Å². The number of nitrogens with two attached hydrogens (primary N) is 1. The van der Waals surface area contributed by atoms with E-state index in [0.717, 1.165) is 35.4 Å². The first-order valence-electron chi connectivity index (χ1n) is 9.11. The third kappa shape index (κ3) is 3.24. The molecule has 2 aliphatic rings. The summed E-state index contributed by atoms with van der Waals surface area (Å²) in [6.07, 6.45) is 4.98. The zero-order valence-electron chi connectivity index (χ0n) is 15.2. The fourth-order valence-electron chi connectivity index (χ4n) is 3.83. The summed E-state index contributed by atoms with van der Waals surface area (Å²) >= 11 is 0. The van der Waals surface area contributed by atoms with Crippen molar-refractivity contribution >= 4 is 0 Å². The monoisotopic (exact) mass is 366 g/mol. The Hall–Kier alpha value is -2.98. The van der Waals surface area contributed by atoms with Crippen LogP contribution in [0.5, 0.6) is 11.6 Å². The lowest BCUT2D eigenvalue weighted by Crippen LogP contribution is -2.21. The van der Waals surface area contributed by atoms with Gasteiger partial charge in [-0.15, -0.1) is 5.10 Å². The second-order valence-electron chi connectivity index (χ2n) is 6.87. The number of aromatic nitrogens is 2. The first kappa shape index (κ1) is 17.4. The van der Waals surface area contributed by atoms with Gasteiger partial charge < -0.3 is 19.9 Å². The van der Waals surface area contributed by atoms with E-state index in [1.54, 1.807) is 7.11 Å². The van der Waals surface area contributed by atoms with Crippen molar-refractivity contribution in [3.63, 3.8) is 0 Å². The van der Waals surface area contributed by atoms with Crippen molar-refractivity contribution in [2.75, 3.05) is 7.11 Å². The molecule has 1 aliphatic heterocycles. The van der Waals surface area contributed by atoms with Crippen molar-refractivity contribution in [2.45, 2.75) is 44.3 Å². The van der Waals surface area contributed by atoms with Crippen molar-refractivity contribution in [1.29, 1.82) is 5.26 Å². The molecule has 1 saturated carbocycles. The van der Waals surface area contributed by atoms with Gasteiger partial charge in [0.15, 0.2) is 0 Å². The Morgan fingerprint density at radius 2 is 2.04 bits per heavy atom. The number of hydrogen-bond donors (Lipinski definition) is 2. The number of benzene rings is 1. The third-order valence-electron chi connectivity index (χ3n) is 5.12. The van der Waals surface area contributed by atoms with E-state index in [0.29, 0.717) is 24.2 Å². The van der Waals surface area contributed by atoms with Crippen LogP contribution < -0.4 is 15.2 Å². The van der Waals surface area contributed by atoms with Crippen LogP contribution in [0.3, 0.4) is 0 Å². The number of H-pyrrole nitrogens is 1. The summed E-state index contributed by atoms with van der Waals surface area (Å²) in [5, 5.41) is 16.8. The molecule has 0 spiro atoms. The van der Waals surface area contributed by atoms with E-state index < -0.39 is 0 Å². The first-order valence-corrected chi connectivity index (χ1v) is 9.11. The smallest absolute Gasteiger partial charge is 0.244 e. The largest absolute Gasteiger partial charge is 0.490 e. The lowest BCUT2D eigenvalue weighted by atomic mass is 9.84. The number of rotatable bonds is 5. The van der Waals surface area contributed by atoms with Gasteiger partial charge in [-0.05, 0) is 43.4 Å². The van der Waals surface area contributed by atoms with E-state index in [1.807, 2.05) is 24.3 Å². The van der Waals surface area contributed by atoms with Crippen LogP contribution in [-0.4, -0.2) is 23.4 Å². The molecule has 1 fully saturated rings. The number of methoxy groups -OCH3 is 1. The molecule has 1 aromatic carbocycles. The fourth-order valence-corrected chi connectivity index (χ4v) is 3.83. The predicted molar refractivity (Wildman–Crippen MR) is 97.9 cm³/mol. The molecule has 2 aromatic rings. The molecule has 140 valence electrons. The van der Waals surface area contributed by atoms with Crippen LogP contribution in [-0.2, 0) is 11.3 Å². The van der Waals surface area contributed by atoms with Crippen molar-refractivity contribution in [2.24, 2.45) is 5.73 Å². The minimum atomic E-state index is -0.358. The van der Waals surface area contributed by atoms with E-state index in [-0.39, 0.29) is 11.8 Å². The van der Waals surface area contributed by atoms with E-state index in [2.05, 4.69) is 16.3 Å². The molecule has 27 heavy (non-hydrogen) atoms. The van der Waals surface area contributed by atoms with Gasteiger partial charge in [0.2, 0.25) is 11.8 Å². The molecule has 0 radical (unpaired) electrons. The molecule has 1 aliphatic carbocycles. The molecular formula is C20H22N4O3. The molecule has 7 nitrogen and oxygen atoms in total. The van der Waals surface area contributed by atoms with Crippen LogP contribution in [0, 0.1) is 11.3 Å². The van der Waals surface area contributed by atoms with Gasteiger partial charge in [0.1, 0.15) is 17.4 Å². The Morgan fingerprint density at radius 1 is 1.30 bits per heavy atom. The van der Waals surface area contributed by atoms with Gasteiger partial charge in [-0.1, -0.05) is 12.1 Å². The highest BCUT2D eigenvalue weighted by molar-refractivity contribution is 5.55. The molecule has 3 N–H and O–H groups in total. The van der Waals surface area contributed by atoms with E-state index in [9.17, 15) is 5.26 Å². The Bertz CT molecular complexity index is 889. The summed E-state index contributed by atoms with van der Waals surface area (Å²) in [5.41, 5.74) is 8.82. The second-order valence-corrected chi connectivity index (χ2v) is 6.87. The summed E-state index contributed by atoms with van der Waals surface area (Å²) in [6.45, 7) is 0.337. The molecule has 0 amide bonds. The number of nitrogens with one attached hydrogen (secondary N) is 1. The van der Waals surface area contributed by atoms with Crippen LogP contribution in [0.2, 0.25) is 0 Å². The molecule has 7 heteroatoms. The van der Waals surface area contributed by atoms with Gasteiger partial charge in [-0.2, -0.15) is 5.26 Å². The van der Waals surface area contributed by atoms with Gasteiger partial charge in [0.25, 0.3) is 0 Å². The Labute approximate surface area is 157 Å². The maximum Gasteiger partial charge on any atom is 0.244 e. The number of nitriles is 1. The van der Waals surface area contributed by atoms with Crippen LogP contribution in [0.25, 0.3) is 0 Å². The first-order chi connectivity index (χ1) is 13.2. The Balaban J connectivity index is 1.68. The summed E-state index contributed by atoms with van der Waals surface area (Å²) in [7, 11) is 1.61. The molecule has 0 bridgehead atoms. The molecule has 1 aromatic heterocycles. The Kier molecular flexibility index (Phi) is 4.73. The number of aromatic amines is 1. The normalized spacial score (nSPS) is 19.5. The fraction of sp³-hybridized carbons (Fsp3) is 0.400. The highest BCUT2D eigenvalue weighted by Gasteiger charge is 2.35. The van der Waals surface area contributed by atoms with E-state index >= 15 is 0 Å². The number of ether oxygens (including phenoxy) is 3. The van der Waals surface area contributed by atoms with Gasteiger partial charge in [0, 0.05) is 7.11 Å². The molecule has 2 heterocycles. The number of nitrogens with zero attached hydrogens (tertiary/aromatic N) is 2. The highest BCUT2D eigenvalue weighted by atomic mass is 16.5. The maximum atomic E-state index is 9.67. The molecule has 1 atom stereocenters. The van der Waals surface area contributed by atoms with Gasteiger partial charge in [-0.25, -0.2) is 0 Å². The zero-order valence-corrected chi connectivity index (χ0v) is 15.2. The summed E-state index contributed by atoms with van der Waals surface area (Å²) in [5.74, 6) is 0.951. The summed E-state index contributed by atoms with van der Waals surface area (Å²) in [4.78, 5) is 0. The Morgan fingerprint density at radius 3 is 2.70 bits per heavy atom. The minimum Gasteiger partial charge on any atom is -0.490 e. The number of fused-ring (bicyclic) bond motifs is 1. The topological polar surface area (TPSA) is 106 Å². The minimum absolute atomic E-state index is 0.0803. The zero-order chi connectivity index (χ0) is 18.8. The van der Waals surface area contributed by atoms with Crippen molar-refractivity contribution in [3.8, 4) is 17.7 Å². The third-order valence-corrected chi connectivity index (χ3v) is 5.12. The van der Waals surface area contributed by atoms with E-state index in [4.69, 9.17) is 19.9 Å². The highest BCUT2D eigenvalue weighted by Crippen LogP contribution is 2.43. The van der Waals surface area contributed by atoms with Gasteiger partial charge in [-0.3, -0.25) is 5.10 Å². The van der Waals surface area contributed by atoms with Crippen molar-refractivity contribution < 1.29 is 14.2 Å². The number of allylic oxidation sites excluding steroid dienone is 1. The molecular weight excluding hydrogens is 344 g/mol. The number of hydrogen-bond acceptors (Lipinski definition) is 6.